The summed E-state index contributed by atoms with van der Waals surface area (Å²) < 4.78 is 45.0. The Kier molecular flexibility index (Phi) is 7.18. The van der Waals surface area contributed by atoms with Crippen LogP contribution in [0.2, 0.25) is 0 Å². The van der Waals surface area contributed by atoms with Crippen LogP contribution in [0.15, 0.2) is 53.4 Å². The van der Waals surface area contributed by atoms with Gasteiger partial charge in [0.1, 0.15) is 18.0 Å². The second-order valence-electron chi connectivity index (χ2n) is 8.12. The summed E-state index contributed by atoms with van der Waals surface area (Å²) >= 11 is 0. The van der Waals surface area contributed by atoms with E-state index >= 15 is 0 Å². The zero-order valence-electron chi connectivity index (χ0n) is 18.3. The summed E-state index contributed by atoms with van der Waals surface area (Å²) in [6, 6.07) is 13.3. The van der Waals surface area contributed by atoms with Crippen LogP contribution in [-0.2, 0) is 24.3 Å². The summed E-state index contributed by atoms with van der Waals surface area (Å²) in [5.74, 6) is 0.333. The summed E-state index contributed by atoms with van der Waals surface area (Å²) in [6.07, 6.45) is -0.721. The summed E-state index contributed by atoms with van der Waals surface area (Å²) in [4.78, 5) is 12.4. The standard InChI is InChI=1S/C23H28N2O7S/c1-30-10-9-24-22(27)13-16-12-19-18-11-15(25-33(28,29)17-5-3-2-4-6-17)7-8-20(18)32-23(19)21(14-26)31-16/h2-8,11,16,19,21,23,25-26H,9-10,12-14H2,1H3,(H,24,27)/t16-,19+,21+,23-/m1/s1. The Balaban J connectivity index is 1.51. The smallest absolute Gasteiger partial charge is 0.261 e. The van der Waals surface area contributed by atoms with Crippen LogP contribution >= 0.6 is 0 Å². The molecule has 9 nitrogen and oxygen atoms in total. The molecule has 33 heavy (non-hydrogen) atoms. The number of amides is 1. The molecule has 2 aliphatic heterocycles. The molecule has 2 aliphatic rings. The van der Waals surface area contributed by atoms with Crippen LogP contribution in [0.4, 0.5) is 5.69 Å². The van der Waals surface area contributed by atoms with E-state index in [0.29, 0.717) is 31.0 Å². The molecular weight excluding hydrogens is 448 g/mol. The van der Waals surface area contributed by atoms with Gasteiger partial charge in [0.2, 0.25) is 5.91 Å². The summed E-state index contributed by atoms with van der Waals surface area (Å²) in [5, 5.41) is 12.6. The molecule has 2 aromatic rings. The maximum absolute atomic E-state index is 12.7. The van der Waals surface area contributed by atoms with E-state index in [-0.39, 0.29) is 29.7 Å². The van der Waals surface area contributed by atoms with E-state index < -0.39 is 28.3 Å². The molecule has 1 saturated heterocycles. The van der Waals surface area contributed by atoms with Gasteiger partial charge in [-0.1, -0.05) is 18.2 Å². The van der Waals surface area contributed by atoms with E-state index in [1.165, 1.54) is 12.1 Å². The minimum absolute atomic E-state index is 0.135. The number of fused-ring (bicyclic) bond motifs is 3. The van der Waals surface area contributed by atoms with Crippen LogP contribution in [0.3, 0.4) is 0 Å². The normalized spacial score (nSPS) is 23.8. The molecule has 178 valence electrons. The SMILES string of the molecule is COCCNC(=O)C[C@H]1C[C@H]2c3cc(NS(=O)(=O)c4ccccc4)ccc3O[C@H]2[C@H](CO)O1. The number of carbonyl (C=O) groups excluding carboxylic acids is 1. The molecule has 4 rings (SSSR count). The molecule has 3 N–H and O–H groups in total. The van der Waals surface area contributed by atoms with Crippen molar-refractivity contribution in [3.8, 4) is 5.75 Å². The Morgan fingerprint density at radius 3 is 2.73 bits per heavy atom. The highest BCUT2D eigenvalue weighted by Crippen LogP contribution is 2.47. The lowest BCUT2D eigenvalue weighted by Gasteiger charge is -2.37. The van der Waals surface area contributed by atoms with Crippen molar-refractivity contribution in [3.63, 3.8) is 0 Å². The Bertz CT molecular complexity index is 1080. The first-order chi connectivity index (χ1) is 15.9. The van der Waals surface area contributed by atoms with E-state index in [1.54, 1.807) is 43.5 Å². The van der Waals surface area contributed by atoms with Crippen molar-refractivity contribution >= 4 is 21.6 Å². The maximum atomic E-state index is 12.7. The molecular formula is C23H28N2O7S. The fraction of sp³-hybridized carbons (Fsp3) is 0.435. The van der Waals surface area contributed by atoms with Crippen LogP contribution < -0.4 is 14.8 Å². The van der Waals surface area contributed by atoms with Crippen molar-refractivity contribution in [3.05, 3.63) is 54.1 Å². The van der Waals surface area contributed by atoms with Crippen LogP contribution in [0.5, 0.6) is 5.75 Å². The molecule has 0 saturated carbocycles. The molecule has 0 aromatic heterocycles. The molecule has 0 unspecified atom stereocenters. The van der Waals surface area contributed by atoms with Gasteiger partial charge in [0, 0.05) is 30.8 Å². The van der Waals surface area contributed by atoms with Gasteiger partial charge in [0.05, 0.1) is 30.6 Å². The largest absolute Gasteiger partial charge is 0.487 e. The molecule has 1 amide bonds. The van der Waals surface area contributed by atoms with E-state index in [2.05, 4.69) is 10.0 Å². The average Bonchev–Trinajstić information content (AvgIpc) is 3.17. The zero-order chi connectivity index (χ0) is 23.4. The number of hydrogen-bond donors (Lipinski definition) is 3. The predicted octanol–water partition coefficient (Wildman–Crippen LogP) is 1.63. The predicted molar refractivity (Wildman–Crippen MR) is 121 cm³/mol. The minimum Gasteiger partial charge on any atom is -0.487 e. The third-order valence-corrected chi connectivity index (χ3v) is 7.24. The highest BCUT2D eigenvalue weighted by atomic mass is 32.2. The van der Waals surface area contributed by atoms with Crippen LogP contribution in [-0.4, -0.2) is 64.6 Å². The van der Waals surface area contributed by atoms with Gasteiger partial charge in [-0.05, 0) is 36.8 Å². The van der Waals surface area contributed by atoms with Gasteiger partial charge in [0.15, 0.2) is 0 Å². The second-order valence-corrected chi connectivity index (χ2v) is 9.80. The number of sulfonamides is 1. The lowest BCUT2D eigenvalue weighted by Crippen LogP contribution is -2.47. The van der Waals surface area contributed by atoms with Gasteiger partial charge in [-0.25, -0.2) is 8.42 Å². The Labute approximate surface area is 193 Å². The van der Waals surface area contributed by atoms with E-state index in [9.17, 15) is 18.3 Å². The molecule has 0 spiro atoms. The first kappa shape index (κ1) is 23.5. The number of benzene rings is 2. The third-order valence-electron chi connectivity index (χ3n) is 5.85. The second kappa shape index (κ2) is 10.1. The van der Waals surface area contributed by atoms with Crippen molar-refractivity contribution in [2.45, 2.75) is 42.0 Å². The number of ether oxygens (including phenoxy) is 3. The van der Waals surface area contributed by atoms with E-state index in [1.807, 2.05) is 0 Å². The summed E-state index contributed by atoms with van der Waals surface area (Å²) in [5.41, 5.74) is 1.25. The zero-order valence-corrected chi connectivity index (χ0v) is 19.1. The Morgan fingerprint density at radius 2 is 2.00 bits per heavy atom. The molecule has 0 radical (unpaired) electrons. The highest BCUT2D eigenvalue weighted by molar-refractivity contribution is 7.92. The van der Waals surface area contributed by atoms with E-state index in [4.69, 9.17) is 14.2 Å². The van der Waals surface area contributed by atoms with Crippen LogP contribution in [0, 0.1) is 0 Å². The quantitative estimate of drug-likeness (QED) is 0.470. The first-order valence-electron chi connectivity index (χ1n) is 10.8. The number of hydrogen-bond acceptors (Lipinski definition) is 7. The van der Waals surface area contributed by atoms with Crippen molar-refractivity contribution in [2.75, 3.05) is 31.6 Å². The minimum atomic E-state index is -3.73. The molecule has 2 heterocycles. The molecule has 10 heteroatoms. The van der Waals surface area contributed by atoms with Crippen molar-refractivity contribution in [1.29, 1.82) is 0 Å². The number of methoxy groups -OCH3 is 1. The molecule has 2 aromatic carbocycles. The summed E-state index contributed by atoms with van der Waals surface area (Å²) in [6.45, 7) is 0.586. The first-order valence-corrected chi connectivity index (χ1v) is 12.3. The number of nitrogens with one attached hydrogen (secondary N) is 2. The molecule has 4 atom stereocenters. The highest BCUT2D eigenvalue weighted by Gasteiger charge is 2.46. The Hall–Kier alpha value is -2.66. The fourth-order valence-corrected chi connectivity index (χ4v) is 5.41. The van der Waals surface area contributed by atoms with Crippen LogP contribution in [0.1, 0.15) is 24.3 Å². The van der Waals surface area contributed by atoms with Gasteiger partial charge >= 0.3 is 0 Å². The number of rotatable bonds is 9. The lowest BCUT2D eigenvalue weighted by molar-refractivity contribution is -0.142. The van der Waals surface area contributed by atoms with Gasteiger partial charge < -0.3 is 24.6 Å². The van der Waals surface area contributed by atoms with Gasteiger partial charge in [0.25, 0.3) is 10.0 Å². The van der Waals surface area contributed by atoms with Gasteiger partial charge in [-0.3, -0.25) is 9.52 Å². The van der Waals surface area contributed by atoms with E-state index in [0.717, 1.165) is 5.56 Å². The van der Waals surface area contributed by atoms with Crippen molar-refractivity contribution in [2.24, 2.45) is 0 Å². The third kappa shape index (κ3) is 5.30. The number of anilines is 1. The van der Waals surface area contributed by atoms with Crippen molar-refractivity contribution < 1.29 is 32.5 Å². The van der Waals surface area contributed by atoms with Gasteiger partial charge in [-0.15, -0.1) is 0 Å². The fourth-order valence-electron chi connectivity index (χ4n) is 4.34. The molecule has 0 bridgehead atoms. The van der Waals surface area contributed by atoms with Gasteiger partial charge in [-0.2, -0.15) is 0 Å². The van der Waals surface area contributed by atoms with Crippen molar-refractivity contribution in [1.82, 2.24) is 5.32 Å². The maximum Gasteiger partial charge on any atom is 0.261 e. The summed E-state index contributed by atoms with van der Waals surface area (Å²) in [7, 11) is -2.17. The molecule has 0 aliphatic carbocycles. The number of aliphatic hydroxyl groups is 1. The lowest BCUT2D eigenvalue weighted by atomic mass is 9.84. The average molecular weight is 477 g/mol. The monoisotopic (exact) mass is 476 g/mol. The number of aliphatic hydroxyl groups excluding tert-OH is 1. The number of carbonyl (C=O) groups is 1. The molecule has 1 fully saturated rings. The Morgan fingerprint density at radius 1 is 1.21 bits per heavy atom. The van der Waals surface area contributed by atoms with Crippen LogP contribution in [0.25, 0.3) is 0 Å². The topological polar surface area (TPSA) is 123 Å².